The SMILES string of the molecule is N#CCCOc1cccnc1C#N. The van der Waals surface area contributed by atoms with Gasteiger partial charge >= 0.3 is 0 Å². The minimum Gasteiger partial charge on any atom is -0.489 e. The second-order valence-electron chi connectivity index (χ2n) is 2.22. The summed E-state index contributed by atoms with van der Waals surface area (Å²) >= 11 is 0. The van der Waals surface area contributed by atoms with Crippen molar-refractivity contribution in [3.05, 3.63) is 24.0 Å². The first-order valence-electron chi connectivity index (χ1n) is 3.73. The van der Waals surface area contributed by atoms with Gasteiger partial charge in [0, 0.05) is 6.20 Å². The van der Waals surface area contributed by atoms with E-state index in [1.807, 2.05) is 12.1 Å². The highest BCUT2D eigenvalue weighted by Gasteiger charge is 2.01. The highest BCUT2D eigenvalue weighted by molar-refractivity contribution is 5.36. The third kappa shape index (κ3) is 2.46. The predicted octanol–water partition coefficient (Wildman–Crippen LogP) is 1.25. The van der Waals surface area contributed by atoms with Crippen molar-refractivity contribution in [2.24, 2.45) is 0 Å². The summed E-state index contributed by atoms with van der Waals surface area (Å²) in [6.07, 6.45) is 1.83. The monoisotopic (exact) mass is 173 g/mol. The lowest BCUT2D eigenvalue weighted by Gasteiger charge is -2.03. The summed E-state index contributed by atoms with van der Waals surface area (Å²) in [4.78, 5) is 3.81. The summed E-state index contributed by atoms with van der Waals surface area (Å²) in [6.45, 7) is 0.289. The van der Waals surface area contributed by atoms with Gasteiger partial charge in [0.25, 0.3) is 0 Å². The molecule has 0 fully saturated rings. The van der Waals surface area contributed by atoms with E-state index in [4.69, 9.17) is 15.3 Å². The van der Waals surface area contributed by atoms with Crippen LogP contribution >= 0.6 is 0 Å². The van der Waals surface area contributed by atoms with Gasteiger partial charge in [0.05, 0.1) is 12.5 Å². The molecule has 4 nitrogen and oxygen atoms in total. The standard InChI is InChI=1S/C9H7N3O/c10-4-2-6-13-9-3-1-5-12-8(9)7-11/h1,3,5H,2,6H2. The fourth-order valence-corrected chi connectivity index (χ4v) is 0.798. The first-order chi connectivity index (χ1) is 6.38. The van der Waals surface area contributed by atoms with Crippen LogP contribution in [-0.2, 0) is 0 Å². The summed E-state index contributed by atoms with van der Waals surface area (Å²) in [6, 6.07) is 7.19. The summed E-state index contributed by atoms with van der Waals surface area (Å²) in [7, 11) is 0. The minimum absolute atomic E-state index is 0.250. The lowest BCUT2D eigenvalue weighted by atomic mass is 10.3. The fourth-order valence-electron chi connectivity index (χ4n) is 0.798. The molecule has 0 aliphatic carbocycles. The van der Waals surface area contributed by atoms with Gasteiger partial charge in [0.1, 0.15) is 12.7 Å². The molecule has 1 aromatic heterocycles. The molecular formula is C9H7N3O. The highest BCUT2D eigenvalue weighted by atomic mass is 16.5. The van der Waals surface area contributed by atoms with Crippen LogP contribution in [0.1, 0.15) is 12.1 Å². The number of ether oxygens (including phenoxy) is 1. The van der Waals surface area contributed by atoms with Gasteiger partial charge in [-0.05, 0) is 12.1 Å². The molecule has 0 bridgehead atoms. The van der Waals surface area contributed by atoms with Crippen LogP contribution in [0.3, 0.4) is 0 Å². The maximum atomic E-state index is 8.62. The van der Waals surface area contributed by atoms with E-state index < -0.39 is 0 Å². The van der Waals surface area contributed by atoms with E-state index >= 15 is 0 Å². The maximum Gasteiger partial charge on any atom is 0.182 e. The van der Waals surface area contributed by atoms with E-state index in [-0.39, 0.29) is 12.3 Å². The zero-order chi connectivity index (χ0) is 9.52. The molecule has 1 rings (SSSR count). The number of pyridine rings is 1. The van der Waals surface area contributed by atoms with Crippen molar-refractivity contribution in [1.29, 1.82) is 10.5 Å². The third-order valence-corrected chi connectivity index (χ3v) is 1.35. The van der Waals surface area contributed by atoms with Crippen LogP contribution in [0.2, 0.25) is 0 Å². The van der Waals surface area contributed by atoms with Crippen LogP contribution in [-0.4, -0.2) is 11.6 Å². The zero-order valence-electron chi connectivity index (χ0n) is 6.90. The van der Waals surface area contributed by atoms with Crippen molar-refractivity contribution in [1.82, 2.24) is 4.98 Å². The quantitative estimate of drug-likeness (QED) is 0.645. The largest absolute Gasteiger partial charge is 0.489 e. The van der Waals surface area contributed by atoms with Crippen molar-refractivity contribution < 1.29 is 4.74 Å². The molecule has 0 radical (unpaired) electrons. The second kappa shape index (κ2) is 4.74. The Balaban J connectivity index is 2.67. The van der Waals surface area contributed by atoms with Crippen molar-refractivity contribution >= 4 is 0 Å². The molecule has 0 N–H and O–H groups in total. The van der Waals surface area contributed by atoms with E-state index in [2.05, 4.69) is 4.98 Å². The molecule has 0 atom stereocenters. The molecule has 13 heavy (non-hydrogen) atoms. The van der Waals surface area contributed by atoms with E-state index in [1.54, 1.807) is 12.1 Å². The number of nitrogens with zero attached hydrogens (tertiary/aromatic N) is 3. The summed E-state index contributed by atoms with van der Waals surface area (Å²) < 4.78 is 5.16. The Bertz CT molecular complexity index is 362. The van der Waals surface area contributed by atoms with Gasteiger partial charge in [0.15, 0.2) is 11.4 Å². The molecule has 0 saturated carbocycles. The van der Waals surface area contributed by atoms with Crippen molar-refractivity contribution in [3.63, 3.8) is 0 Å². The Labute approximate surface area is 76.0 Å². The maximum absolute atomic E-state index is 8.62. The lowest BCUT2D eigenvalue weighted by molar-refractivity contribution is 0.324. The van der Waals surface area contributed by atoms with Crippen LogP contribution < -0.4 is 4.74 Å². The average Bonchev–Trinajstić information content (AvgIpc) is 2.19. The van der Waals surface area contributed by atoms with Crippen molar-refractivity contribution in [2.75, 3.05) is 6.61 Å². The molecular weight excluding hydrogens is 166 g/mol. The molecule has 64 valence electrons. The smallest absolute Gasteiger partial charge is 0.182 e. The number of aromatic nitrogens is 1. The Morgan fingerprint density at radius 1 is 1.46 bits per heavy atom. The summed E-state index contributed by atoms with van der Waals surface area (Å²) in [5, 5.41) is 16.9. The molecule has 4 heteroatoms. The lowest BCUT2D eigenvalue weighted by Crippen LogP contribution is -1.98. The highest BCUT2D eigenvalue weighted by Crippen LogP contribution is 2.13. The molecule has 0 unspecified atom stereocenters. The number of hydrogen-bond acceptors (Lipinski definition) is 4. The average molecular weight is 173 g/mol. The van der Waals surface area contributed by atoms with Crippen LogP contribution in [0.5, 0.6) is 5.75 Å². The number of nitriles is 2. The molecule has 0 aliphatic heterocycles. The summed E-state index contributed by atoms with van der Waals surface area (Å²) in [5.41, 5.74) is 0.250. The molecule has 0 aliphatic rings. The van der Waals surface area contributed by atoms with Gasteiger partial charge in [-0.1, -0.05) is 0 Å². The van der Waals surface area contributed by atoms with E-state index in [9.17, 15) is 0 Å². The van der Waals surface area contributed by atoms with Gasteiger partial charge in [-0.15, -0.1) is 0 Å². The van der Waals surface area contributed by atoms with Gasteiger partial charge in [0.2, 0.25) is 0 Å². The summed E-state index contributed by atoms with van der Waals surface area (Å²) in [5.74, 6) is 0.431. The molecule has 0 spiro atoms. The molecule has 0 saturated heterocycles. The van der Waals surface area contributed by atoms with E-state index in [0.717, 1.165) is 0 Å². The van der Waals surface area contributed by atoms with Gasteiger partial charge in [-0.25, -0.2) is 4.98 Å². The van der Waals surface area contributed by atoms with Crippen LogP contribution in [0.25, 0.3) is 0 Å². The van der Waals surface area contributed by atoms with Gasteiger partial charge < -0.3 is 4.74 Å². The Kier molecular flexibility index (Phi) is 3.29. The van der Waals surface area contributed by atoms with E-state index in [1.165, 1.54) is 6.20 Å². The molecule has 0 aromatic carbocycles. The molecule has 1 aromatic rings. The van der Waals surface area contributed by atoms with Crippen molar-refractivity contribution in [2.45, 2.75) is 6.42 Å². The normalized spacial score (nSPS) is 8.46. The van der Waals surface area contributed by atoms with Crippen molar-refractivity contribution in [3.8, 4) is 17.9 Å². The van der Waals surface area contributed by atoms with Crippen LogP contribution in [0, 0.1) is 22.7 Å². The minimum atomic E-state index is 0.250. The van der Waals surface area contributed by atoms with Crippen LogP contribution in [0.15, 0.2) is 18.3 Å². The Morgan fingerprint density at radius 2 is 2.31 bits per heavy atom. The predicted molar refractivity (Wildman–Crippen MR) is 44.7 cm³/mol. The second-order valence-corrected chi connectivity index (χ2v) is 2.22. The Hall–Kier alpha value is -2.07. The van der Waals surface area contributed by atoms with E-state index in [0.29, 0.717) is 12.2 Å². The van der Waals surface area contributed by atoms with Gasteiger partial charge in [-0.3, -0.25) is 0 Å². The zero-order valence-corrected chi connectivity index (χ0v) is 6.90. The fraction of sp³-hybridized carbons (Fsp3) is 0.222. The first-order valence-corrected chi connectivity index (χ1v) is 3.73. The number of hydrogen-bond donors (Lipinski definition) is 0. The third-order valence-electron chi connectivity index (χ3n) is 1.35. The van der Waals surface area contributed by atoms with Crippen LogP contribution in [0.4, 0.5) is 0 Å². The molecule has 1 heterocycles. The number of rotatable bonds is 3. The molecule has 0 amide bonds. The Morgan fingerprint density at radius 3 is 3.00 bits per heavy atom. The first kappa shape index (κ1) is 9.02. The topological polar surface area (TPSA) is 69.7 Å². The van der Waals surface area contributed by atoms with Gasteiger partial charge in [-0.2, -0.15) is 10.5 Å².